The number of ether oxygens (including phenoxy) is 2. The lowest BCUT2D eigenvalue weighted by Crippen LogP contribution is -2.59. The predicted octanol–water partition coefficient (Wildman–Crippen LogP) is 2.79. The van der Waals surface area contributed by atoms with Crippen LogP contribution in [0.5, 0.6) is 0 Å². The number of hydrogen-bond acceptors (Lipinski definition) is 6. The largest absolute Gasteiger partial charge is 0.380 e. The highest BCUT2D eigenvalue weighted by Crippen LogP contribution is 2.31. The van der Waals surface area contributed by atoms with Crippen LogP contribution in [0.4, 0.5) is 4.39 Å². The lowest BCUT2D eigenvalue weighted by atomic mass is 9.96. The molecule has 4 rings (SSSR count). The minimum absolute atomic E-state index is 0.0389. The number of nitriles is 1. The van der Waals surface area contributed by atoms with Gasteiger partial charge in [-0.2, -0.15) is 5.26 Å². The number of nitrogens with zero attached hydrogens (tertiary/aromatic N) is 3. The lowest BCUT2D eigenvalue weighted by molar-refractivity contribution is -0.139. The molecular formula is C26H28FN3O4. The average Bonchev–Trinajstić information content (AvgIpc) is 2.84. The van der Waals surface area contributed by atoms with Crippen LogP contribution < -0.4 is 0 Å². The molecule has 2 aromatic carbocycles. The van der Waals surface area contributed by atoms with Gasteiger partial charge in [-0.3, -0.25) is 14.5 Å². The molecule has 8 heteroatoms. The van der Waals surface area contributed by atoms with Gasteiger partial charge >= 0.3 is 0 Å². The Morgan fingerprint density at radius 1 is 1.29 bits per heavy atom. The van der Waals surface area contributed by atoms with Crippen LogP contribution in [0, 0.1) is 24.1 Å². The fourth-order valence-corrected chi connectivity index (χ4v) is 4.83. The summed E-state index contributed by atoms with van der Waals surface area (Å²) in [6.07, 6.45) is 0.823. The van der Waals surface area contributed by atoms with Gasteiger partial charge in [0, 0.05) is 38.9 Å². The number of rotatable bonds is 6. The van der Waals surface area contributed by atoms with E-state index in [4.69, 9.17) is 9.47 Å². The molecule has 1 amide bonds. The first-order valence-electron chi connectivity index (χ1n) is 11.3. The molecular weight excluding hydrogens is 437 g/mol. The Hall–Kier alpha value is -3.12. The van der Waals surface area contributed by atoms with Crippen LogP contribution in [0.3, 0.4) is 0 Å². The van der Waals surface area contributed by atoms with Crippen LogP contribution in [-0.2, 0) is 27.3 Å². The average molecular weight is 466 g/mol. The molecule has 0 saturated carbocycles. The maximum atomic E-state index is 13.9. The second-order valence-electron chi connectivity index (χ2n) is 8.82. The number of hydrogen-bond donors (Lipinski definition) is 0. The van der Waals surface area contributed by atoms with Crippen molar-refractivity contribution in [1.29, 1.82) is 5.26 Å². The summed E-state index contributed by atoms with van der Waals surface area (Å²) in [5, 5.41) is 9.26. The Kier molecular flexibility index (Phi) is 7.37. The van der Waals surface area contributed by atoms with Crippen molar-refractivity contribution in [1.82, 2.24) is 9.80 Å². The van der Waals surface area contributed by atoms with Crippen LogP contribution in [0.1, 0.15) is 44.3 Å². The smallest absolute Gasteiger partial charge is 0.227 e. The van der Waals surface area contributed by atoms with Crippen molar-refractivity contribution < 1.29 is 23.5 Å². The Morgan fingerprint density at radius 3 is 2.85 bits per heavy atom. The maximum absolute atomic E-state index is 13.9. The zero-order valence-corrected chi connectivity index (χ0v) is 19.4. The van der Waals surface area contributed by atoms with E-state index in [2.05, 4.69) is 4.90 Å². The van der Waals surface area contributed by atoms with Crippen molar-refractivity contribution in [3.63, 3.8) is 0 Å². The van der Waals surface area contributed by atoms with E-state index in [1.165, 1.54) is 6.07 Å². The highest BCUT2D eigenvalue weighted by molar-refractivity contribution is 5.81. The summed E-state index contributed by atoms with van der Waals surface area (Å²) >= 11 is 0. The van der Waals surface area contributed by atoms with Gasteiger partial charge in [0.25, 0.3) is 0 Å². The number of morpholine rings is 1. The molecule has 0 aromatic heterocycles. The number of carbonyl (C=O) groups is 2. The second kappa shape index (κ2) is 10.4. The number of methoxy groups -OCH3 is 1. The van der Waals surface area contributed by atoms with E-state index in [1.807, 2.05) is 23.1 Å². The molecule has 0 radical (unpaired) electrons. The number of fused-ring (bicyclic) bond motifs is 1. The van der Waals surface area contributed by atoms with E-state index in [0.717, 1.165) is 29.5 Å². The topological polar surface area (TPSA) is 82.9 Å². The van der Waals surface area contributed by atoms with E-state index in [0.29, 0.717) is 44.0 Å². The first kappa shape index (κ1) is 24.0. The first-order valence-corrected chi connectivity index (χ1v) is 11.3. The standard InChI is InChI=1S/C26H28FN3O4/c1-17-22(5-6-24(27)23(17)11-28)25-13-29-7-8-30(12-21(29)16-34-25)26(32)10-18-3-4-19(14-31)20(9-18)15-33-2/h3-6,9,14,21,25H,7-8,10,12-13,15-16H2,1-2H3. The first-order chi connectivity index (χ1) is 16.4. The van der Waals surface area contributed by atoms with E-state index < -0.39 is 5.82 Å². The van der Waals surface area contributed by atoms with E-state index in [-0.39, 0.29) is 30.0 Å². The van der Waals surface area contributed by atoms with Gasteiger partial charge in [0.2, 0.25) is 5.91 Å². The SMILES string of the molecule is COCc1cc(CC(=O)N2CCN3CC(c4ccc(F)c(C#N)c4C)OCC3C2)ccc1C=O. The van der Waals surface area contributed by atoms with Crippen LogP contribution in [0.25, 0.3) is 0 Å². The van der Waals surface area contributed by atoms with E-state index in [9.17, 15) is 19.2 Å². The molecule has 0 N–H and O–H groups in total. The van der Waals surface area contributed by atoms with Gasteiger partial charge in [-0.05, 0) is 35.2 Å². The summed E-state index contributed by atoms with van der Waals surface area (Å²) < 4.78 is 25.2. The number of amides is 1. The lowest BCUT2D eigenvalue weighted by Gasteiger charge is -2.46. The molecule has 0 bridgehead atoms. The molecule has 2 unspecified atom stereocenters. The summed E-state index contributed by atoms with van der Waals surface area (Å²) in [7, 11) is 1.57. The molecule has 2 fully saturated rings. The van der Waals surface area contributed by atoms with Gasteiger partial charge in [0.05, 0.1) is 37.3 Å². The van der Waals surface area contributed by atoms with Gasteiger partial charge in [0.15, 0.2) is 0 Å². The molecule has 2 aromatic rings. The van der Waals surface area contributed by atoms with E-state index >= 15 is 0 Å². The molecule has 178 valence electrons. The van der Waals surface area contributed by atoms with Crippen molar-refractivity contribution in [3.8, 4) is 6.07 Å². The minimum Gasteiger partial charge on any atom is -0.380 e. The molecule has 0 spiro atoms. The minimum atomic E-state index is -0.514. The maximum Gasteiger partial charge on any atom is 0.227 e. The van der Waals surface area contributed by atoms with Gasteiger partial charge in [-0.15, -0.1) is 0 Å². The van der Waals surface area contributed by atoms with Gasteiger partial charge in [-0.1, -0.05) is 24.3 Å². The van der Waals surface area contributed by atoms with Crippen LogP contribution in [0.2, 0.25) is 0 Å². The Balaban J connectivity index is 1.39. The van der Waals surface area contributed by atoms with Crippen molar-refractivity contribution >= 4 is 12.2 Å². The second-order valence-corrected chi connectivity index (χ2v) is 8.82. The molecule has 34 heavy (non-hydrogen) atoms. The van der Waals surface area contributed by atoms with Crippen LogP contribution in [0.15, 0.2) is 30.3 Å². The molecule has 7 nitrogen and oxygen atoms in total. The summed E-state index contributed by atoms with van der Waals surface area (Å²) in [5.41, 5.74) is 3.71. The summed E-state index contributed by atoms with van der Waals surface area (Å²) in [6.45, 7) is 5.08. The molecule has 2 saturated heterocycles. The molecule has 0 aliphatic carbocycles. The fourth-order valence-electron chi connectivity index (χ4n) is 4.83. The third kappa shape index (κ3) is 4.87. The van der Waals surface area contributed by atoms with Crippen LogP contribution in [-0.4, -0.2) is 67.9 Å². The Bertz CT molecular complexity index is 1130. The van der Waals surface area contributed by atoms with Gasteiger partial charge in [-0.25, -0.2) is 4.39 Å². The molecule has 2 aliphatic heterocycles. The third-order valence-corrected chi connectivity index (χ3v) is 6.75. The van der Waals surface area contributed by atoms with Crippen LogP contribution >= 0.6 is 0 Å². The summed E-state index contributed by atoms with van der Waals surface area (Å²) in [4.78, 5) is 28.4. The normalized spacial score (nSPS) is 20.5. The Labute approximate surface area is 198 Å². The van der Waals surface area contributed by atoms with Crippen molar-refractivity contribution in [2.75, 3.05) is 39.9 Å². The quantitative estimate of drug-likeness (QED) is 0.610. The molecule has 2 atom stereocenters. The highest BCUT2D eigenvalue weighted by Gasteiger charge is 2.36. The molecule has 2 aliphatic rings. The Morgan fingerprint density at radius 2 is 2.12 bits per heavy atom. The monoisotopic (exact) mass is 465 g/mol. The molecule has 2 heterocycles. The zero-order chi connectivity index (χ0) is 24.2. The van der Waals surface area contributed by atoms with E-state index in [1.54, 1.807) is 26.2 Å². The number of benzene rings is 2. The summed E-state index contributed by atoms with van der Waals surface area (Å²) in [6, 6.07) is 10.5. The number of aldehydes is 1. The third-order valence-electron chi connectivity index (χ3n) is 6.75. The summed E-state index contributed by atoms with van der Waals surface area (Å²) in [5.74, 6) is -0.475. The van der Waals surface area contributed by atoms with Crippen molar-refractivity contribution in [2.45, 2.75) is 32.1 Å². The zero-order valence-electron chi connectivity index (χ0n) is 19.4. The number of halogens is 1. The van der Waals surface area contributed by atoms with Crippen molar-refractivity contribution in [3.05, 3.63) is 69.5 Å². The van der Waals surface area contributed by atoms with Crippen molar-refractivity contribution in [2.24, 2.45) is 0 Å². The predicted molar refractivity (Wildman–Crippen MR) is 123 cm³/mol. The van der Waals surface area contributed by atoms with Gasteiger partial charge < -0.3 is 14.4 Å². The van der Waals surface area contributed by atoms with Gasteiger partial charge in [0.1, 0.15) is 18.2 Å². The highest BCUT2D eigenvalue weighted by atomic mass is 19.1. The fraction of sp³-hybridized carbons (Fsp3) is 0.423. The number of carbonyl (C=O) groups excluding carboxylic acids is 2. The number of piperazine rings is 1.